The Morgan fingerprint density at radius 2 is 1.61 bits per heavy atom. The third-order valence-corrected chi connectivity index (χ3v) is 10.8. The number of para-hydroxylation sites is 1. The summed E-state index contributed by atoms with van der Waals surface area (Å²) in [4.78, 5) is 2.45. The Balaban J connectivity index is 1.60. The molecular weight excluding hydrogens is 591 g/mol. The maximum absolute atomic E-state index is 4.18. The van der Waals surface area contributed by atoms with Crippen molar-refractivity contribution < 1.29 is 0 Å². The van der Waals surface area contributed by atoms with Gasteiger partial charge in [-0.15, -0.1) is 6.58 Å². The van der Waals surface area contributed by atoms with Crippen molar-refractivity contribution in [2.45, 2.75) is 78.1 Å². The second-order valence-electron chi connectivity index (χ2n) is 14.3. The number of benzene rings is 4. The van der Waals surface area contributed by atoms with E-state index in [1.165, 1.54) is 55.5 Å². The summed E-state index contributed by atoms with van der Waals surface area (Å²) in [5, 5.41) is 2.66. The molecule has 0 radical (unpaired) electrons. The maximum atomic E-state index is 4.18. The molecule has 4 aromatic carbocycles. The molecule has 2 atom stereocenters. The summed E-state index contributed by atoms with van der Waals surface area (Å²) in [6.45, 7) is 22.9. The number of allylic oxidation sites excluding steroid dienone is 9. The van der Waals surface area contributed by atoms with Gasteiger partial charge in [-0.2, -0.15) is 0 Å². The van der Waals surface area contributed by atoms with E-state index in [1.807, 2.05) is 12.2 Å². The van der Waals surface area contributed by atoms with Crippen LogP contribution in [-0.2, 0) is 23.7 Å². The van der Waals surface area contributed by atoms with Gasteiger partial charge < -0.3 is 4.90 Å². The number of aryl methyl sites for hydroxylation is 3. The van der Waals surface area contributed by atoms with Gasteiger partial charge >= 0.3 is 0 Å². The van der Waals surface area contributed by atoms with Crippen LogP contribution in [-0.4, -0.2) is 6.54 Å². The smallest absolute Gasteiger partial charge is 0.0453 e. The molecule has 0 aromatic heterocycles. The van der Waals surface area contributed by atoms with Crippen molar-refractivity contribution >= 4 is 16.5 Å². The van der Waals surface area contributed by atoms with E-state index >= 15 is 0 Å². The molecule has 1 heteroatoms. The van der Waals surface area contributed by atoms with Crippen LogP contribution in [0.4, 0.5) is 5.69 Å². The number of hydrogen-bond acceptors (Lipinski definition) is 1. The van der Waals surface area contributed by atoms with E-state index in [9.17, 15) is 0 Å². The first-order valence-electron chi connectivity index (χ1n) is 18.1. The summed E-state index contributed by atoms with van der Waals surface area (Å²) in [5.74, 6) is 0.306. The van der Waals surface area contributed by atoms with Crippen molar-refractivity contribution in [2.75, 3.05) is 11.4 Å². The van der Waals surface area contributed by atoms with E-state index in [4.69, 9.17) is 0 Å². The fraction of sp³-hybridized carbons (Fsp3) is 0.292. The number of rotatable bonds is 14. The Kier molecular flexibility index (Phi) is 11.5. The molecule has 1 heterocycles. The van der Waals surface area contributed by atoms with Crippen LogP contribution < -0.4 is 4.90 Å². The molecule has 1 nitrogen and oxygen atoms in total. The number of nitrogens with zero attached hydrogens (tertiary/aromatic N) is 1. The fourth-order valence-electron chi connectivity index (χ4n) is 8.02. The molecule has 0 aliphatic carbocycles. The van der Waals surface area contributed by atoms with E-state index in [0.717, 1.165) is 32.2 Å². The lowest BCUT2D eigenvalue weighted by Crippen LogP contribution is -2.30. The largest absolute Gasteiger partial charge is 0.340 e. The molecule has 0 spiro atoms. The van der Waals surface area contributed by atoms with Crippen molar-refractivity contribution in [3.63, 3.8) is 0 Å². The van der Waals surface area contributed by atoms with Gasteiger partial charge in [-0.1, -0.05) is 149 Å². The number of anilines is 1. The first kappa shape index (κ1) is 35.7. The molecule has 0 N–H and O–H groups in total. The first-order valence-corrected chi connectivity index (χ1v) is 18.1. The van der Waals surface area contributed by atoms with Gasteiger partial charge in [0.15, 0.2) is 0 Å². The van der Waals surface area contributed by atoms with Crippen molar-refractivity contribution in [3.05, 3.63) is 186 Å². The minimum atomic E-state index is -0.218. The molecule has 2 unspecified atom stereocenters. The monoisotopic (exact) mass is 645 g/mol. The van der Waals surface area contributed by atoms with Gasteiger partial charge in [-0.3, -0.25) is 0 Å². The molecule has 0 bridgehead atoms. The van der Waals surface area contributed by atoms with Crippen LogP contribution in [0.15, 0.2) is 158 Å². The zero-order chi connectivity index (χ0) is 35.0. The molecule has 1 aliphatic heterocycles. The summed E-state index contributed by atoms with van der Waals surface area (Å²) in [7, 11) is 0. The highest BCUT2D eigenvalue weighted by atomic mass is 15.2. The normalized spacial score (nSPS) is 18.1. The van der Waals surface area contributed by atoms with Gasteiger partial charge in [0, 0.05) is 23.3 Å². The highest BCUT2D eigenvalue weighted by Crippen LogP contribution is 2.51. The summed E-state index contributed by atoms with van der Waals surface area (Å²) >= 11 is 0. The summed E-state index contributed by atoms with van der Waals surface area (Å²) in [6, 6.07) is 31.5. The molecule has 0 amide bonds. The molecule has 0 saturated carbocycles. The fourth-order valence-corrected chi connectivity index (χ4v) is 8.02. The summed E-state index contributed by atoms with van der Waals surface area (Å²) in [6.07, 6.45) is 21.7. The van der Waals surface area contributed by atoms with Crippen LogP contribution in [0.5, 0.6) is 0 Å². The van der Waals surface area contributed by atoms with Gasteiger partial charge in [0.25, 0.3) is 0 Å². The van der Waals surface area contributed by atoms with E-state index < -0.39 is 0 Å². The second kappa shape index (κ2) is 15.7. The van der Waals surface area contributed by atoms with Crippen LogP contribution in [0.3, 0.4) is 0 Å². The van der Waals surface area contributed by atoms with E-state index in [2.05, 4.69) is 181 Å². The maximum Gasteiger partial charge on any atom is 0.0453 e. The Morgan fingerprint density at radius 3 is 2.33 bits per heavy atom. The standard InChI is InChI=1S/C48H55N/c1-9-13-19-38(12-4)35-48(8)43-23-16-17-24-44(43)49(34-10-2)45(48)25-18-21-41(33-31-39-29-27-37(11-3)28-30-39)47(6,7)46-36(5)26-32-40-20-14-15-22-42(40)46/h9-10,12-30,32,41H,2,4,11,31,33-35H2,1,3,5-8H3/b13-9-,21-18+,38-19+,45-25+. The Hall–Kier alpha value is -4.62. The predicted octanol–water partition coefficient (Wildman–Crippen LogP) is 12.7. The van der Waals surface area contributed by atoms with Crippen LogP contribution in [0.1, 0.15) is 75.3 Å². The highest BCUT2D eigenvalue weighted by molar-refractivity contribution is 5.88. The zero-order valence-corrected chi connectivity index (χ0v) is 30.7. The molecule has 1 aliphatic rings. The predicted molar refractivity (Wildman–Crippen MR) is 216 cm³/mol. The quantitative estimate of drug-likeness (QED) is 0.0974. The second-order valence-corrected chi connectivity index (χ2v) is 14.3. The van der Waals surface area contributed by atoms with Crippen molar-refractivity contribution in [1.82, 2.24) is 0 Å². The zero-order valence-electron chi connectivity index (χ0n) is 30.7. The average molecular weight is 646 g/mol. The van der Waals surface area contributed by atoms with Crippen LogP contribution >= 0.6 is 0 Å². The lowest BCUT2D eigenvalue weighted by molar-refractivity contribution is 0.362. The highest BCUT2D eigenvalue weighted by Gasteiger charge is 2.43. The molecule has 252 valence electrons. The lowest BCUT2D eigenvalue weighted by atomic mass is 9.68. The van der Waals surface area contributed by atoms with Crippen molar-refractivity contribution in [2.24, 2.45) is 5.92 Å². The molecule has 0 fully saturated rings. The average Bonchev–Trinajstić information content (AvgIpc) is 3.34. The van der Waals surface area contributed by atoms with E-state index in [1.54, 1.807) is 0 Å². The van der Waals surface area contributed by atoms with Crippen LogP contribution in [0.25, 0.3) is 10.8 Å². The molecular formula is C48H55N. The minimum absolute atomic E-state index is 0.0999. The molecule has 5 rings (SSSR count). The first-order chi connectivity index (χ1) is 23.7. The number of fused-ring (bicyclic) bond motifs is 2. The van der Waals surface area contributed by atoms with Gasteiger partial charge in [0.2, 0.25) is 0 Å². The van der Waals surface area contributed by atoms with E-state index in [0.29, 0.717) is 5.92 Å². The van der Waals surface area contributed by atoms with Gasteiger partial charge in [-0.05, 0) is 114 Å². The third-order valence-electron chi connectivity index (χ3n) is 10.8. The van der Waals surface area contributed by atoms with Gasteiger partial charge in [0.05, 0.1) is 0 Å². The summed E-state index contributed by atoms with van der Waals surface area (Å²) < 4.78 is 0. The van der Waals surface area contributed by atoms with Crippen molar-refractivity contribution in [3.8, 4) is 0 Å². The number of hydrogen-bond donors (Lipinski definition) is 0. The summed E-state index contributed by atoms with van der Waals surface area (Å²) in [5.41, 5.74) is 10.4. The van der Waals surface area contributed by atoms with Crippen LogP contribution in [0.2, 0.25) is 0 Å². The van der Waals surface area contributed by atoms with Gasteiger partial charge in [-0.25, -0.2) is 0 Å². The van der Waals surface area contributed by atoms with Crippen LogP contribution in [0, 0.1) is 12.8 Å². The minimum Gasteiger partial charge on any atom is -0.340 e. The Morgan fingerprint density at radius 1 is 0.898 bits per heavy atom. The topological polar surface area (TPSA) is 3.24 Å². The SMILES string of the molecule is C=CCN1/C(=C/C=C/C(CCc2ccc(CC)cc2)C(C)(C)c2c(C)ccc3ccccc23)C(C)(C/C(C=C)=C/C=C\C)c2ccccc21. The molecule has 49 heavy (non-hydrogen) atoms. The van der Waals surface area contributed by atoms with Crippen molar-refractivity contribution in [1.29, 1.82) is 0 Å². The lowest BCUT2D eigenvalue weighted by Gasteiger charge is -2.36. The Bertz CT molecular complexity index is 1890. The molecule has 4 aromatic rings. The third kappa shape index (κ3) is 7.52. The molecule has 0 saturated heterocycles. The van der Waals surface area contributed by atoms with Gasteiger partial charge in [0.1, 0.15) is 0 Å². The van der Waals surface area contributed by atoms with E-state index in [-0.39, 0.29) is 10.8 Å². The Labute approximate surface area is 296 Å².